The van der Waals surface area contributed by atoms with Gasteiger partial charge < -0.3 is 24.2 Å². The van der Waals surface area contributed by atoms with Crippen molar-refractivity contribution in [2.75, 3.05) is 45.4 Å². The number of aromatic hydroxyl groups is 1. The van der Waals surface area contributed by atoms with E-state index >= 15 is 0 Å². The zero-order valence-corrected chi connectivity index (χ0v) is 16.5. The molecule has 146 valence electrons. The van der Waals surface area contributed by atoms with Crippen LogP contribution in [0.4, 0.5) is 5.82 Å². The lowest BCUT2D eigenvalue weighted by Crippen LogP contribution is -2.36. The van der Waals surface area contributed by atoms with Crippen LogP contribution in [-0.2, 0) is 4.74 Å². The van der Waals surface area contributed by atoms with E-state index in [9.17, 15) is 5.11 Å². The van der Waals surface area contributed by atoms with E-state index in [0.29, 0.717) is 30.3 Å². The Kier molecular flexibility index (Phi) is 5.31. The lowest BCUT2D eigenvalue weighted by atomic mass is 10.1. The predicted molar refractivity (Wildman–Crippen MR) is 109 cm³/mol. The molecule has 0 unspecified atom stereocenters. The summed E-state index contributed by atoms with van der Waals surface area (Å²) in [5.41, 5.74) is 2.45. The summed E-state index contributed by atoms with van der Waals surface area (Å²) in [7, 11) is 3.02. The summed E-state index contributed by atoms with van der Waals surface area (Å²) in [5, 5.41) is 13.2. The Morgan fingerprint density at radius 2 is 1.96 bits per heavy atom. The summed E-state index contributed by atoms with van der Waals surface area (Å²) < 4.78 is 16.0. The van der Waals surface area contributed by atoms with Crippen molar-refractivity contribution in [3.05, 3.63) is 35.8 Å². The van der Waals surface area contributed by atoms with Crippen molar-refractivity contribution in [3.8, 4) is 39.1 Å². The Balaban J connectivity index is 1.66. The molecule has 2 aromatic heterocycles. The molecule has 0 radical (unpaired) electrons. The van der Waals surface area contributed by atoms with Gasteiger partial charge in [0.2, 0.25) is 5.75 Å². The molecule has 1 aliphatic rings. The van der Waals surface area contributed by atoms with Crippen LogP contribution in [0.25, 0.3) is 21.8 Å². The van der Waals surface area contributed by atoms with Crippen molar-refractivity contribution in [2.45, 2.75) is 0 Å². The number of rotatable bonds is 5. The number of thiazole rings is 1. The Labute approximate surface area is 167 Å². The van der Waals surface area contributed by atoms with Gasteiger partial charge in [0.1, 0.15) is 10.8 Å². The highest BCUT2D eigenvalue weighted by Crippen LogP contribution is 2.44. The number of phenols is 1. The fraction of sp³-hybridized carbons (Fsp3) is 0.300. The molecule has 1 N–H and O–H groups in total. The summed E-state index contributed by atoms with van der Waals surface area (Å²) in [6, 6.07) is 7.54. The number of morpholine rings is 1. The molecule has 0 aliphatic carbocycles. The van der Waals surface area contributed by atoms with Gasteiger partial charge in [-0.2, -0.15) is 0 Å². The van der Waals surface area contributed by atoms with Gasteiger partial charge in [-0.3, -0.25) is 0 Å². The maximum absolute atomic E-state index is 10.3. The molecular weight excluding hydrogens is 378 g/mol. The largest absolute Gasteiger partial charge is 0.502 e. The molecule has 0 bridgehead atoms. The van der Waals surface area contributed by atoms with Crippen LogP contribution in [0, 0.1) is 0 Å². The average Bonchev–Trinajstić information content (AvgIpc) is 3.24. The smallest absolute Gasteiger partial charge is 0.201 e. The molecule has 1 fully saturated rings. The summed E-state index contributed by atoms with van der Waals surface area (Å²) in [4.78, 5) is 11.5. The van der Waals surface area contributed by atoms with Crippen molar-refractivity contribution in [1.82, 2.24) is 9.97 Å². The summed E-state index contributed by atoms with van der Waals surface area (Å²) in [6.07, 6.45) is 1.81. The Morgan fingerprint density at radius 3 is 2.71 bits per heavy atom. The standard InChI is InChI=1S/C20H21N3O4S/c1-25-16-4-3-14(19(26-2)18(16)24)15-12-28-20(22-15)13-5-6-21-17(11-13)23-7-9-27-10-8-23/h3-6,11-12,24H,7-10H2,1-2H3. The quantitative estimate of drug-likeness (QED) is 0.704. The van der Waals surface area contributed by atoms with E-state index in [4.69, 9.17) is 19.2 Å². The van der Waals surface area contributed by atoms with Crippen molar-refractivity contribution in [2.24, 2.45) is 0 Å². The minimum Gasteiger partial charge on any atom is -0.502 e. The molecule has 3 aromatic rings. The number of methoxy groups -OCH3 is 2. The molecule has 1 saturated heterocycles. The van der Waals surface area contributed by atoms with Crippen LogP contribution < -0.4 is 14.4 Å². The van der Waals surface area contributed by atoms with Gasteiger partial charge in [-0.05, 0) is 24.3 Å². The topological polar surface area (TPSA) is 76.9 Å². The van der Waals surface area contributed by atoms with Gasteiger partial charge in [-0.25, -0.2) is 9.97 Å². The second kappa shape index (κ2) is 8.04. The van der Waals surface area contributed by atoms with Crippen molar-refractivity contribution in [1.29, 1.82) is 0 Å². The Hall–Kier alpha value is -2.84. The van der Waals surface area contributed by atoms with Crippen LogP contribution >= 0.6 is 11.3 Å². The minimum absolute atomic E-state index is 0.0319. The fourth-order valence-corrected chi connectivity index (χ4v) is 3.99. The first-order chi connectivity index (χ1) is 13.7. The molecule has 4 rings (SSSR count). The zero-order valence-electron chi connectivity index (χ0n) is 15.7. The molecule has 28 heavy (non-hydrogen) atoms. The normalized spacial score (nSPS) is 14.1. The molecule has 0 amide bonds. The van der Waals surface area contributed by atoms with Crippen molar-refractivity contribution < 1.29 is 19.3 Å². The van der Waals surface area contributed by atoms with E-state index in [-0.39, 0.29) is 5.75 Å². The van der Waals surface area contributed by atoms with Gasteiger partial charge >= 0.3 is 0 Å². The number of hydrogen-bond donors (Lipinski definition) is 1. The van der Waals surface area contributed by atoms with E-state index < -0.39 is 0 Å². The highest BCUT2D eigenvalue weighted by Gasteiger charge is 2.18. The molecule has 0 atom stereocenters. The lowest BCUT2D eigenvalue weighted by molar-refractivity contribution is 0.122. The highest BCUT2D eigenvalue weighted by atomic mass is 32.1. The third kappa shape index (κ3) is 3.48. The molecule has 1 aliphatic heterocycles. The van der Waals surface area contributed by atoms with Gasteiger partial charge in [0.25, 0.3) is 0 Å². The zero-order chi connectivity index (χ0) is 19.5. The van der Waals surface area contributed by atoms with Gasteiger partial charge in [0.15, 0.2) is 11.5 Å². The Morgan fingerprint density at radius 1 is 1.14 bits per heavy atom. The minimum atomic E-state index is -0.0319. The number of ether oxygens (including phenoxy) is 3. The SMILES string of the molecule is COc1ccc(-c2csc(-c3ccnc(N4CCOCC4)c3)n2)c(OC)c1O. The van der Waals surface area contributed by atoms with E-state index in [1.165, 1.54) is 25.6 Å². The number of aromatic nitrogens is 2. The molecule has 0 spiro atoms. The van der Waals surface area contributed by atoms with E-state index in [2.05, 4.69) is 16.0 Å². The molecule has 0 saturated carbocycles. The molecule has 7 nitrogen and oxygen atoms in total. The third-order valence-electron chi connectivity index (χ3n) is 4.63. The van der Waals surface area contributed by atoms with Gasteiger partial charge in [0.05, 0.1) is 33.1 Å². The number of anilines is 1. The summed E-state index contributed by atoms with van der Waals surface area (Å²) >= 11 is 1.54. The first-order valence-corrected chi connectivity index (χ1v) is 9.78. The van der Waals surface area contributed by atoms with E-state index in [1.807, 2.05) is 17.5 Å². The molecule has 8 heteroatoms. The number of phenolic OH excluding ortho intramolecular Hbond substituents is 1. The average molecular weight is 399 g/mol. The van der Waals surface area contributed by atoms with E-state index in [1.54, 1.807) is 12.3 Å². The molecule has 3 heterocycles. The van der Waals surface area contributed by atoms with Crippen LogP contribution in [0.1, 0.15) is 0 Å². The highest BCUT2D eigenvalue weighted by molar-refractivity contribution is 7.13. The van der Waals surface area contributed by atoms with Crippen molar-refractivity contribution in [3.63, 3.8) is 0 Å². The second-order valence-electron chi connectivity index (χ2n) is 6.24. The third-order valence-corrected chi connectivity index (χ3v) is 5.52. The number of pyridine rings is 1. The fourth-order valence-electron chi connectivity index (χ4n) is 3.17. The molecular formula is C20H21N3O4S. The van der Waals surface area contributed by atoms with Crippen molar-refractivity contribution >= 4 is 17.2 Å². The van der Waals surface area contributed by atoms with Gasteiger partial charge in [0, 0.05) is 35.8 Å². The first kappa shape index (κ1) is 18.5. The lowest BCUT2D eigenvalue weighted by Gasteiger charge is -2.27. The van der Waals surface area contributed by atoms with Crippen LogP contribution in [0.5, 0.6) is 17.2 Å². The summed E-state index contributed by atoms with van der Waals surface area (Å²) in [6.45, 7) is 3.10. The van der Waals surface area contributed by atoms with Crippen LogP contribution in [0.15, 0.2) is 35.8 Å². The number of benzene rings is 1. The van der Waals surface area contributed by atoms with Crippen LogP contribution in [0.2, 0.25) is 0 Å². The molecule has 1 aromatic carbocycles. The van der Waals surface area contributed by atoms with Gasteiger partial charge in [-0.15, -0.1) is 11.3 Å². The van der Waals surface area contributed by atoms with Gasteiger partial charge in [-0.1, -0.05) is 0 Å². The van der Waals surface area contributed by atoms with Crippen LogP contribution in [-0.4, -0.2) is 55.6 Å². The van der Waals surface area contributed by atoms with E-state index in [0.717, 1.165) is 35.2 Å². The number of hydrogen-bond acceptors (Lipinski definition) is 8. The maximum Gasteiger partial charge on any atom is 0.201 e. The van der Waals surface area contributed by atoms with Crippen LogP contribution in [0.3, 0.4) is 0 Å². The predicted octanol–water partition coefficient (Wildman–Crippen LogP) is 3.43. The summed E-state index contributed by atoms with van der Waals surface area (Å²) in [5.74, 6) is 1.60. The maximum atomic E-state index is 10.3. The Bertz CT molecular complexity index is 970. The number of nitrogens with zero attached hydrogens (tertiary/aromatic N) is 3. The monoisotopic (exact) mass is 399 g/mol. The second-order valence-corrected chi connectivity index (χ2v) is 7.10. The first-order valence-electron chi connectivity index (χ1n) is 8.90.